The second kappa shape index (κ2) is 13.7. The van der Waals surface area contributed by atoms with Gasteiger partial charge in [-0.3, -0.25) is 29.1 Å². The summed E-state index contributed by atoms with van der Waals surface area (Å²) in [6.45, 7) is 9.41. The van der Waals surface area contributed by atoms with Crippen molar-refractivity contribution in [3.8, 4) is 0 Å². The highest BCUT2D eigenvalue weighted by atomic mass is 16.4. The summed E-state index contributed by atoms with van der Waals surface area (Å²) in [5.41, 5.74) is 0. The third-order valence-electron chi connectivity index (χ3n) is 3.71. The molecule has 0 aliphatic heterocycles. The first kappa shape index (κ1) is 23.5. The van der Waals surface area contributed by atoms with E-state index in [9.17, 15) is 14.4 Å². The van der Waals surface area contributed by atoms with Gasteiger partial charge in [0, 0.05) is 26.2 Å². The van der Waals surface area contributed by atoms with Crippen LogP contribution in [-0.2, 0) is 14.4 Å². The predicted octanol–water partition coefficient (Wildman–Crippen LogP) is 0.471. The zero-order chi connectivity index (χ0) is 19.2. The van der Waals surface area contributed by atoms with Crippen LogP contribution in [0.25, 0.3) is 0 Å². The molecule has 2 N–H and O–H groups in total. The molecule has 0 radical (unpaired) electrons. The van der Waals surface area contributed by atoms with Crippen molar-refractivity contribution >= 4 is 17.7 Å². The first-order chi connectivity index (χ1) is 11.8. The summed E-state index contributed by atoms with van der Waals surface area (Å²) in [7, 11) is 0. The van der Waals surface area contributed by atoms with Crippen LogP contribution in [0.15, 0.2) is 0 Å². The molecular weight excluding hydrogens is 326 g/mol. The maximum atomic E-state index is 11.3. The van der Waals surface area contributed by atoms with Gasteiger partial charge in [-0.1, -0.05) is 13.8 Å². The van der Waals surface area contributed by atoms with E-state index in [4.69, 9.17) is 10.2 Å². The molecule has 0 aromatic carbocycles. The van der Waals surface area contributed by atoms with Crippen molar-refractivity contribution in [2.75, 3.05) is 58.9 Å². The molecule has 0 aromatic heterocycles. The summed E-state index contributed by atoms with van der Waals surface area (Å²) in [6.07, 6.45) is 1.77. The molecule has 0 bridgehead atoms. The lowest BCUT2D eigenvalue weighted by atomic mass is 10.3. The second-order valence-electron chi connectivity index (χ2n) is 6.32. The summed E-state index contributed by atoms with van der Waals surface area (Å²) in [5.74, 6) is -1.70. The molecule has 0 aromatic rings. The maximum absolute atomic E-state index is 11.3. The maximum Gasteiger partial charge on any atom is 0.317 e. The van der Waals surface area contributed by atoms with Crippen LogP contribution >= 0.6 is 0 Å². The fraction of sp³-hybridized carbons (Fsp3) is 0.824. The van der Waals surface area contributed by atoms with Gasteiger partial charge in [-0.25, -0.2) is 0 Å². The number of hydrogen-bond acceptors (Lipinski definition) is 6. The van der Waals surface area contributed by atoms with Crippen LogP contribution in [-0.4, -0.2) is 102 Å². The van der Waals surface area contributed by atoms with E-state index in [1.807, 2.05) is 23.6 Å². The van der Waals surface area contributed by atoms with Crippen LogP contribution in [0.3, 0.4) is 0 Å². The van der Waals surface area contributed by atoms with E-state index in [0.29, 0.717) is 39.3 Å². The minimum absolute atomic E-state index is 0.0406. The fourth-order valence-corrected chi connectivity index (χ4v) is 2.71. The Balaban J connectivity index is 4.62. The largest absolute Gasteiger partial charge is 0.480 e. The molecule has 0 amide bonds. The molecule has 0 rings (SSSR count). The van der Waals surface area contributed by atoms with E-state index in [1.165, 1.54) is 0 Å². The van der Waals surface area contributed by atoms with Gasteiger partial charge in [0.25, 0.3) is 0 Å². The predicted molar refractivity (Wildman–Crippen MR) is 95.9 cm³/mol. The summed E-state index contributed by atoms with van der Waals surface area (Å²) in [4.78, 5) is 39.0. The van der Waals surface area contributed by atoms with Gasteiger partial charge in [0.2, 0.25) is 0 Å². The van der Waals surface area contributed by atoms with Gasteiger partial charge >= 0.3 is 11.9 Å². The van der Waals surface area contributed by atoms with Crippen molar-refractivity contribution in [2.45, 2.75) is 33.6 Å². The van der Waals surface area contributed by atoms with E-state index in [0.717, 1.165) is 19.4 Å². The van der Waals surface area contributed by atoms with Gasteiger partial charge in [-0.05, 0) is 32.9 Å². The van der Waals surface area contributed by atoms with Gasteiger partial charge in [0.05, 0.1) is 19.6 Å². The molecule has 0 aliphatic carbocycles. The van der Waals surface area contributed by atoms with Crippen LogP contribution in [0.5, 0.6) is 0 Å². The average Bonchev–Trinajstić information content (AvgIpc) is 2.48. The molecular formula is C17H33N3O5. The highest BCUT2D eigenvalue weighted by Crippen LogP contribution is 1.98. The Morgan fingerprint density at radius 3 is 1.24 bits per heavy atom. The molecule has 8 heteroatoms. The molecule has 25 heavy (non-hydrogen) atoms. The number of nitrogens with zero attached hydrogens (tertiary/aromatic N) is 3. The first-order valence-corrected chi connectivity index (χ1v) is 8.88. The van der Waals surface area contributed by atoms with E-state index in [2.05, 4.69) is 0 Å². The number of rotatable bonds is 16. The molecule has 0 heterocycles. The van der Waals surface area contributed by atoms with Crippen molar-refractivity contribution in [3.63, 3.8) is 0 Å². The average molecular weight is 359 g/mol. The van der Waals surface area contributed by atoms with Gasteiger partial charge in [0.15, 0.2) is 0 Å². The smallest absolute Gasteiger partial charge is 0.317 e. The van der Waals surface area contributed by atoms with Gasteiger partial charge in [-0.2, -0.15) is 0 Å². The SMILES string of the molecule is CCCN(CCN(CCN(CCC)CC(=O)O)CC(=O)O)CC(C)=O. The van der Waals surface area contributed by atoms with Crippen LogP contribution in [0.4, 0.5) is 0 Å². The lowest BCUT2D eigenvalue weighted by molar-refractivity contribution is -0.140. The number of carboxylic acid groups (broad SMARTS) is 2. The zero-order valence-corrected chi connectivity index (χ0v) is 15.7. The van der Waals surface area contributed by atoms with E-state index in [-0.39, 0.29) is 18.9 Å². The first-order valence-electron chi connectivity index (χ1n) is 8.88. The van der Waals surface area contributed by atoms with Gasteiger partial charge in [-0.15, -0.1) is 0 Å². The van der Waals surface area contributed by atoms with E-state index >= 15 is 0 Å². The van der Waals surface area contributed by atoms with Gasteiger partial charge < -0.3 is 10.2 Å². The Bertz CT molecular complexity index is 387. The Kier molecular flexibility index (Phi) is 12.9. The van der Waals surface area contributed by atoms with Crippen molar-refractivity contribution in [1.29, 1.82) is 0 Å². The topological polar surface area (TPSA) is 101 Å². The van der Waals surface area contributed by atoms with E-state index in [1.54, 1.807) is 11.8 Å². The molecule has 0 unspecified atom stereocenters. The number of aliphatic carboxylic acids is 2. The lowest BCUT2D eigenvalue weighted by Crippen LogP contribution is -2.43. The monoisotopic (exact) mass is 359 g/mol. The molecule has 146 valence electrons. The molecule has 8 nitrogen and oxygen atoms in total. The highest BCUT2D eigenvalue weighted by Gasteiger charge is 2.15. The normalized spacial score (nSPS) is 11.4. The van der Waals surface area contributed by atoms with Crippen LogP contribution in [0.1, 0.15) is 33.6 Å². The Hall–Kier alpha value is -1.51. The van der Waals surface area contributed by atoms with Crippen LogP contribution in [0, 0.1) is 0 Å². The van der Waals surface area contributed by atoms with Crippen LogP contribution in [0.2, 0.25) is 0 Å². The van der Waals surface area contributed by atoms with Crippen molar-refractivity contribution < 1.29 is 24.6 Å². The molecule has 0 spiro atoms. The molecule has 0 aliphatic rings. The number of Topliss-reactive ketones (excluding diaryl/α,β-unsaturated/α-hetero) is 1. The zero-order valence-electron chi connectivity index (χ0n) is 15.7. The third-order valence-corrected chi connectivity index (χ3v) is 3.71. The summed E-state index contributed by atoms with van der Waals surface area (Å²) in [6, 6.07) is 0. The molecule has 0 fully saturated rings. The minimum atomic E-state index is -0.908. The Labute approximate surface area is 150 Å². The quantitative estimate of drug-likeness (QED) is 0.410. The van der Waals surface area contributed by atoms with Crippen molar-refractivity contribution in [3.05, 3.63) is 0 Å². The fourth-order valence-electron chi connectivity index (χ4n) is 2.71. The summed E-state index contributed by atoms with van der Waals surface area (Å²) < 4.78 is 0. The second-order valence-corrected chi connectivity index (χ2v) is 6.32. The number of carboxylic acids is 2. The van der Waals surface area contributed by atoms with Crippen LogP contribution < -0.4 is 0 Å². The number of hydrogen-bond donors (Lipinski definition) is 2. The van der Waals surface area contributed by atoms with Crippen molar-refractivity contribution in [1.82, 2.24) is 14.7 Å². The molecule has 0 atom stereocenters. The van der Waals surface area contributed by atoms with E-state index < -0.39 is 11.9 Å². The third kappa shape index (κ3) is 13.5. The number of carbonyl (C=O) groups is 3. The number of ketones is 1. The van der Waals surface area contributed by atoms with Gasteiger partial charge in [0.1, 0.15) is 5.78 Å². The molecule has 0 saturated heterocycles. The summed E-state index contributed by atoms with van der Waals surface area (Å²) >= 11 is 0. The summed E-state index contributed by atoms with van der Waals surface area (Å²) in [5, 5.41) is 18.0. The Morgan fingerprint density at radius 1 is 0.640 bits per heavy atom. The highest BCUT2D eigenvalue weighted by molar-refractivity contribution is 5.77. The minimum Gasteiger partial charge on any atom is -0.480 e. The van der Waals surface area contributed by atoms with Crippen molar-refractivity contribution in [2.24, 2.45) is 0 Å². The lowest BCUT2D eigenvalue weighted by Gasteiger charge is -2.28. The Morgan fingerprint density at radius 2 is 0.960 bits per heavy atom. The molecule has 0 saturated carbocycles. The number of carbonyl (C=O) groups excluding carboxylic acids is 1. The standard InChI is InChI=1S/C17H33N3O5/c1-4-6-18(12-15(3)21)8-10-20(14-17(24)25)11-9-19(7-5-2)13-16(22)23/h4-14H2,1-3H3,(H,22,23)(H,24,25).